The molecule has 6 heteroatoms. The molecule has 0 radical (unpaired) electrons. The van der Waals surface area contributed by atoms with E-state index in [9.17, 15) is 0 Å². The van der Waals surface area contributed by atoms with Crippen LogP contribution in [0.2, 0.25) is 0 Å². The Labute approximate surface area is 75.0 Å². The van der Waals surface area contributed by atoms with Gasteiger partial charge >= 0.3 is 0 Å². The first-order valence-corrected chi connectivity index (χ1v) is 3.97. The van der Waals surface area contributed by atoms with Crippen LogP contribution in [0.15, 0.2) is 25.0 Å². The fourth-order valence-corrected chi connectivity index (χ4v) is 1.07. The van der Waals surface area contributed by atoms with E-state index < -0.39 is 0 Å². The van der Waals surface area contributed by atoms with E-state index in [1.54, 1.807) is 28.1 Å². The summed E-state index contributed by atoms with van der Waals surface area (Å²) in [5.41, 5.74) is 6.34. The van der Waals surface area contributed by atoms with Gasteiger partial charge in [-0.15, -0.1) is 10.2 Å². The van der Waals surface area contributed by atoms with Gasteiger partial charge in [0.2, 0.25) is 0 Å². The number of nitrogens with two attached hydrogens (primary N) is 1. The third kappa shape index (κ3) is 1.57. The summed E-state index contributed by atoms with van der Waals surface area (Å²) in [5, 5.41) is 11.5. The highest BCUT2D eigenvalue weighted by molar-refractivity contribution is 5.23. The Hall–Kier alpha value is -1.69. The number of hydrogen-bond acceptors (Lipinski definition) is 4. The van der Waals surface area contributed by atoms with Crippen molar-refractivity contribution in [2.24, 2.45) is 5.73 Å². The summed E-state index contributed by atoms with van der Waals surface area (Å²) >= 11 is 0. The molecule has 2 N–H and O–H groups in total. The summed E-state index contributed by atoms with van der Waals surface area (Å²) < 4.78 is 3.58. The van der Waals surface area contributed by atoms with Crippen LogP contribution in [0.5, 0.6) is 0 Å². The molecule has 0 atom stereocenters. The topological polar surface area (TPSA) is 74.5 Å². The zero-order chi connectivity index (χ0) is 9.10. The zero-order valence-electron chi connectivity index (χ0n) is 7.04. The third-order valence-corrected chi connectivity index (χ3v) is 1.69. The molecule has 2 aromatic heterocycles. The summed E-state index contributed by atoms with van der Waals surface area (Å²) in [6.45, 7) is 1.31. The van der Waals surface area contributed by atoms with Crippen molar-refractivity contribution in [2.45, 2.75) is 6.54 Å². The van der Waals surface area contributed by atoms with E-state index in [1.165, 1.54) is 0 Å². The van der Waals surface area contributed by atoms with Gasteiger partial charge < -0.3 is 5.73 Å². The summed E-state index contributed by atoms with van der Waals surface area (Å²) in [7, 11) is 0. The molecule has 2 heterocycles. The Morgan fingerprint density at radius 3 is 2.77 bits per heavy atom. The second-order valence-corrected chi connectivity index (χ2v) is 2.62. The van der Waals surface area contributed by atoms with Crippen LogP contribution in [0.1, 0.15) is 0 Å². The molecule has 0 unspecified atom stereocenters. The van der Waals surface area contributed by atoms with E-state index in [2.05, 4.69) is 15.3 Å². The minimum atomic E-state index is 0.587. The van der Waals surface area contributed by atoms with Crippen molar-refractivity contribution in [3.05, 3.63) is 25.0 Å². The van der Waals surface area contributed by atoms with Crippen molar-refractivity contribution in [2.75, 3.05) is 6.54 Å². The van der Waals surface area contributed by atoms with Gasteiger partial charge in [0, 0.05) is 12.7 Å². The highest BCUT2D eigenvalue weighted by Crippen LogP contribution is 2.03. The molecule has 6 nitrogen and oxygen atoms in total. The van der Waals surface area contributed by atoms with Gasteiger partial charge in [0.15, 0.2) is 0 Å². The molecule has 2 rings (SSSR count). The van der Waals surface area contributed by atoms with Crippen molar-refractivity contribution in [1.29, 1.82) is 0 Å². The Kier molecular flexibility index (Phi) is 2.05. The Morgan fingerprint density at radius 1 is 1.31 bits per heavy atom. The van der Waals surface area contributed by atoms with Crippen LogP contribution in [0.3, 0.4) is 0 Å². The maximum absolute atomic E-state index is 5.40. The largest absolute Gasteiger partial charge is 0.329 e. The quantitative estimate of drug-likeness (QED) is 0.682. The first-order valence-electron chi connectivity index (χ1n) is 3.97. The molecule has 68 valence electrons. The van der Waals surface area contributed by atoms with Gasteiger partial charge in [-0.3, -0.25) is 9.25 Å². The Bertz CT molecular complexity index is 362. The fraction of sp³-hybridized carbons (Fsp3) is 0.286. The molecule has 0 saturated carbocycles. The van der Waals surface area contributed by atoms with Crippen molar-refractivity contribution >= 4 is 0 Å². The highest BCUT2D eigenvalue weighted by atomic mass is 15.3. The summed E-state index contributed by atoms with van der Waals surface area (Å²) in [5.74, 6) is 0. The average molecular weight is 178 g/mol. The van der Waals surface area contributed by atoms with Crippen LogP contribution >= 0.6 is 0 Å². The van der Waals surface area contributed by atoms with E-state index in [-0.39, 0.29) is 0 Å². The molecule has 13 heavy (non-hydrogen) atoms. The van der Waals surface area contributed by atoms with Crippen molar-refractivity contribution in [1.82, 2.24) is 24.5 Å². The fourth-order valence-electron chi connectivity index (χ4n) is 1.07. The maximum Gasteiger partial charge on any atom is 0.124 e. The van der Waals surface area contributed by atoms with Gasteiger partial charge in [-0.05, 0) is 0 Å². The van der Waals surface area contributed by atoms with Gasteiger partial charge in [0.1, 0.15) is 12.7 Å². The number of aromatic nitrogens is 5. The molecular weight excluding hydrogens is 168 g/mol. The standard InChI is InChI=1S/C7H10N6/c8-1-2-13-4-7(3-11-13)12-5-9-10-6-12/h3-6H,1-2,8H2. The second-order valence-electron chi connectivity index (χ2n) is 2.62. The summed E-state index contributed by atoms with van der Waals surface area (Å²) in [6.07, 6.45) is 6.91. The third-order valence-electron chi connectivity index (χ3n) is 1.69. The van der Waals surface area contributed by atoms with E-state index in [0.29, 0.717) is 6.54 Å². The summed E-state index contributed by atoms with van der Waals surface area (Å²) in [6, 6.07) is 0. The first kappa shape index (κ1) is 7.93. The lowest BCUT2D eigenvalue weighted by Gasteiger charge is -1.95. The van der Waals surface area contributed by atoms with Crippen LogP contribution < -0.4 is 5.73 Å². The minimum absolute atomic E-state index is 0.587. The molecule has 0 saturated heterocycles. The normalized spacial score (nSPS) is 10.5. The van der Waals surface area contributed by atoms with E-state index >= 15 is 0 Å². The lowest BCUT2D eigenvalue weighted by molar-refractivity contribution is 0.625. The maximum atomic E-state index is 5.40. The zero-order valence-corrected chi connectivity index (χ0v) is 7.04. The molecule has 0 bridgehead atoms. The van der Waals surface area contributed by atoms with Crippen LogP contribution in [0, 0.1) is 0 Å². The Morgan fingerprint density at radius 2 is 2.08 bits per heavy atom. The summed E-state index contributed by atoms with van der Waals surface area (Å²) in [4.78, 5) is 0. The van der Waals surface area contributed by atoms with Gasteiger partial charge in [-0.25, -0.2) is 0 Å². The van der Waals surface area contributed by atoms with E-state index in [4.69, 9.17) is 5.73 Å². The van der Waals surface area contributed by atoms with E-state index in [1.807, 2.05) is 6.20 Å². The van der Waals surface area contributed by atoms with Gasteiger partial charge in [-0.1, -0.05) is 0 Å². The smallest absolute Gasteiger partial charge is 0.124 e. The SMILES string of the molecule is NCCn1cc(-n2cnnc2)cn1. The molecule has 0 fully saturated rings. The molecule has 2 aromatic rings. The van der Waals surface area contributed by atoms with Gasteiger partial charge in [0.25, 0.3) is 0 Å². The molecule has 0 amide bonds. The lowest BCUT2D eigenvalue weighted by Crippen LogP contribution is -2.09. The molecule has 0 aromatic carbocycles. The molecule has 0 aliphatic carbocycles. The van der Waals surface area contributed by atoms with Crippen LogP contribution in [0.25, 0.3) is 5.69 Å². The van der Waals surface area contributed by atoms with E-state index in [0.717, 1.165) is 12.2 Å². The van der Waals surface area contributed by atoms with Crippen LogP contribution in [-0.2, 0) is 6.54 Å². The number of nitrogens with zero attached hydrogens (tertiary/aromatic N) is 5. The van der Waals surface area contributed by atoms with Crippen molar-refractivity contribution < 1.29 is 0 Å². The van der Waals surface area contributed by atoms with Crippen LogP contribution in [-0.4, -0.2) is 31.1 Å². The molecular formula is C7H10N6. The van der Waals surface area contributed by atoms with Crippen LogP contribution in [0.4, 0.5) is 0 Å². The number of hydrogen-bond donors (Lipinski definition) is 1. The van der Waals surface area contributed by atoms with Gasteiger partial charge in [0.05, 0.1) is 18.4 Å². The average Bonchev–Trinajstić information content (AvgIpc) is 2.70. The van der Waals surface area contributed by atoms with Crippen molar-refractivity contribution in [3.63, 3.8) is 0 Å². The lowest BCUT2D eigenvalue weighted by atomic mass is 10.5. The molecule has 0 aliphatic heterocycles. The minimum Gasteiger partial charge on any atom is -0.329 e. The Balaban J connectivity index is 2.23. The monoisotopic (exact) mass is 178 g/mol. The first-order chi connectivity index (χ1) is 6.40. The number of rotatable bonds is 3. The predicted molar refractivity (Wildman–Crippen MR) is 46.2 cm³/mol. The van der Waals surface area contributed by atoms with Crippen molar-refractivity contribution in [3.8, 4) is 5.69 Å². The molecule has 0 aliphatic rings. The second kappa shape index (κ2) is 3.36. The molecule has 0 spiro atoms. The highest BCUT2D eigenvalue weighted by Gasteiger charge is 1.99. The van der Waals surface area contributed by atoms with Gasteiger partial charge in [-0.2, -0.15) is 5.10 Å². The predicted octanol–water partition coefficient (Wildman–Crippen LogP) is -0.578.